The van der Waals surface area contributed by atoms with Gasteiger partial charge in [0, 0.05) is 18.0 Å². The molecular weight excluding hydrogens is 368 g/mol. The van der Waals surface area contributed by atoms with E-state index < -0.39 is 31.1 Å². The van der Waals surface area contributed by atoms with Gasteiger partial charge in [-0.15, -0.1) is 0 Å². The average molecular weight is 386 g/mol. The van der Waals surface area contributed by atoms with Crippen LogP contribution in [0, 0.1) is 0 Å². The summed E-state index contributed by atoms with van der Waals surface area (Å²) < 4.78 is 7.02. The minimum atomic E-state index is -1.33. The lowest BCUT2D eigenvalue weighted by molar-refractivity contribution is -0.0501. The maximum absolute atomic E-state index is 10.4. The molecule has 1 fully saturated rings. The van der Waals surface area contributed by atoms with Gasteiger partial charge >= 0.3 is 0 Å². The van der Waals surface area contributed by atoms with Crippen molar-refractivity contribution in [3.8, 4) is 0 Å². The van der Waals surface area contributed by atoms with Crippen molar-refractivity contribution in [3.05, 3.63) is 36.4 Å². The van der Waals surface area contributed by atoms with Gasteiger partial charge in [0.1, 0.15) is 24.6 Å². The highest BCUT2D eigenvalue weighted by atomic mass is 16.6. The number of nitrogen functional groups attached to an aromatic ring is 1. The molecular formula is C16H18N8O4. The maximum atomic E-state index is 10.4. The van der Waals surface area contributed by atoms with E-state index in [9.17, 15) is 15.3 Å². The highest BCUT2D eigenvalue weighted by molar-refractivity contribution is 5.84. The zero-order valence-electron chi connectivity index (χ0n) is 14.5. The fourth-order valence-electron chi connectivity index (χ4n) is 2.96. The molecule has 4 atom stereocenters. The molecule has 4 heterocycles. The number of aliphatic hydroxyl groups excluding tert-OH is 3. The molecule has 28 heavy (non-hydrogen) atoms. The number of hydrazone groups is 1. The molecule has 4 rings (SSSR count). The number of aliphatic hydroxyl groups is 3. The minimum absolute atomic E-state index is 0.134. The lowest BCUT2D eigenvalue weighted by Gasteiger charge is -2.18. The second-order valence-electron chi connectivity index (χ2n) is 6.12. The number of aromatic nitrogens is 5. The van der Waals surface area contributed by atoms with E-state index in [1.165, 1.54) is 17.1 Å². The fourth-order valence-corrected chi connectivity index (χ4v) is 2.96. The van der Waals surface area contributed by atoms with Crippen molar-refractivity contribution in [2.45, 2.75) is 24.5 Å². The highest BCUT2D eigenvalue weighted by Gasteiger charge is 2.45. The van der Waals surface area contributed by atoms with E-state index in [0.717, 1.165) is 5.56 Å². The number of nitrogens with one attached hydrogen (secondary N) is 1. The van der Waals surface area contributed by atoms with Crippen molar-refractivity contribution in [3.63, 3.8) is 0 Å². The third-order valence-corrected chi connectivity index (χ3v) is 4.34. The molecule has 1 aliphatic heterocycles. The predicted octanol–water partition coefficient (Wildman–Crippen LogP) is -1.14. The van der Waals surface area contributed by atoms with Gasteiger partial charge in [-0.3, -0.25) is 9.55 Å². The molecule has 0 spiro atoms. The molecule has 3 aromatic heterocycles. The molecule has 12 nitrogen and oxygen atoms in total. The molecule has 3 aromatic rings. The number of fused-ring (bicyclic) bond motifs is 1. The van der Waals surface area contributed by atoms with Crippen LogP contribution in [0.25, 0.3) is 11.2 Å². The Morgan fingerprint density at radius 1 is 1.32 bits per heavy atom. The van der Waals surface area contributed by atoms with Crippen molar-refractivity contribution < 1.29 is 20.1 Å². The molecule has 1 aliphatic rings. The Labute approximate surface area is 158 Å². The second-order valence-corrected chi connectivity index (χ2v) is 6.12. The molecule has 1 saturated heterocycles. The van der Waals surface area contributed by atoms with E-state index in [-0.39, 0.29) is 22.9 Å². The van der Waals surface area contributed by atoms with E-state index >= 15 is 0 Å². The normalized spacial score (nSPS) is 25.0. The quantitative estimate of drug-likeness (QED) is 0.266. The minimum Gasteiger partial charge on any atom is -0.394 e. The van der Waals surface area contributed by atoms with Crippen molar-refractivity contribution in [2.75, 3.05) is 17.8 Å². The molecule has 6 N–H and O–H groups in total. The topological polar surface area (TPSA) is 177 Å². The third kappa shape index (κ3) is 3.14. The second kappa shape index (κ2) is 7.44. The zero-order valence-corrected chi connectivity index (χ0v) is 14.5. The highest BCUT2D eigenvalue weighted by Crippen LogP contribution is 2.35. The van der Waals surface area contributed by atoms with Gasteiger partial charge in [0.05, 0.1) is 12.8 Å². The smallest absolute Gasteiger partial charge is 0.228 e. The van der Waals surface area contributed by atoms with Crippen LogP contribution in [0.1, 0.15) is 11.8 Å². The average Bonchev–Trinajstić information content (AvgIpc) is 3.21. The SMILES string of the molecule is Nc1ncnc2c1nc(NN=Cc1cccnc1)n2[C@@H]1O[C@H](CO)[C@@H](O)[C@H]1O. The van der Waals surface area contributed by atoms with Crippen molar-refractivity contribution in [2.24, 2.45) is 5.10 Å². The summed E-state index contributed by atoms with van der Waals surface area (Å²) in [6, 6.07) is 3.59. The Morgan fingerprint density at radius 3 is 2.89 bits per heavy atom. The van der Waals surface area contributed by atoms with Gasteiger partial charge in [-0.1, -0.05) is 6.07 Å². The van der Waals surface area contributed by atoms with Crippen LogP contribution < -0.4 is 11.2 Å². The van der Waals surface area contributed by atoms with Gasteiger partial charge in [-0.2, -0.15) is 5.10 Å². The Morgan fingerprint density at radius 2 is 2.18 bits per heavy atom. The van der Waals surface area contributed by atoms with Crippen LogP contribution in [0.4, 0.5) is 11.8 Å². The van der Waals surface area contributed by atoms with E-state index in [1.54, 1.807) is 18.5 Å². The summed E-state index contributed by atoms with van der Waals surface area (Å²) in [7, 11) is 0. The van der Waals surface area contributed by atoms with Gasteiger partial charge in [0.2, 0.25) is 5.95 Å². The molecule has 0 bridgehead atoms. The van der Waals surface area contributed by atoms with Crippen molar-refractivity contribution >= 4 is 29.1 Å². The molecule has 0 aromatic carbocycles. The number of pyridine rings is 1. The largest absolute Gasteiger partial charge is 0.394 e. The first-order valence-electron chi connectivity index (χ1n) is 8.40. The van der Waals surface area contributed by atoms with Crippen molar-refractivity contribution in [1.29, 1.82) is 0 Å². The van der Waals surface area contributed by atoms with Crippen LogP contribution in [0.3, 0.4) is 0 Å². The Hall–Kier alpha value is -3.19. The Balaban J connectivity index is 1.73. The molecule has 146 valence electrons. The Kier molecular flexibility index (Phi) is 4.83. The van der Waals surface area contributed by atoms with Crippen molar-refractivity contribution in [1.82, 2.24) is 24.5 Å². The predicted molar refractivity (Wildman–Crippen MR) is 98.2 cm³/mol. The number of ether oxygens (including phenoxy) is 1. The monoisotopic (exact) mass is 386 g/mol. The van der Waals surface area contributed by atoms with Gasteiger partial charge in [-0.05, 0) is 6.07 Å². The molecule has 0 aliphatic carbocycles. The zero-order chi connectivity index (χ0) is 19.7. The van der Waals surface area contributed by atoms with Gasteiger partial charge in [0.25, 0.3) is 0 Å². The maximum Gasteiger partial charge on any atom is 0.228 e. The Bertz CT molecular complexity index is 995. The van der Waals surface area contributed by atoms with Gasteiger partial charge < -0.3 is 25.8 Å². The number of hydrogen-bond donors (Lipinski definition) is 5. The van der Waals surface area contributed by atoms with E-state index in [0.29, 0.717) is 0 Å². The van der Waals surface area contributed by atoms with E-state index in [1.807, 2.05) is 6.07 Å². The third-order valence-electron chi connectivity index (χ3n) is 4.34. The molecule has 0 radical (unpaired) electrons. The van der Waals surface area contributed by atoms with Crippen LogP contribution in [0.5, 0.6) is 0 Å². The van der Waals surface area contributed by atoms with Crippen LogP contribution in [-0.4, -0.2) is 71.0 Å². The summed E-state index contributed by atoms with van der Waals surface area (Å²) in [6.07, 6.45) is 1.43. The number of nitrogens with zero attached hydrogens (tertiary/aromatic N) is 6. The first-order chi connectivity index (χ1) is 13.6. The summed E-state index contributed by atoms with van der Waals surface area (Å²) in [5.74, 6) is 0.298. The van der Waals surface area contributed by atoms with Gasteiger partial charge in [-0.25, -0.2) is 20.4 Å². The summed E-state index contributed by atoms with van der Waals surface area (Å²) >= 11 is 0. The first-order valence-corrected chi connectivity index (χ1v) is 8.40. The number of imidazole rings is 1. The lowest BCUT2D eigenvalue weighted by Crippen LogP contribution is -2.33. The first kappa shape index (κ1) is 18.2. The van der Waals surface area contributed by atoms with E-state index in [4.69, 9.17) is 10.5 Å². The number of nitrogens with two attached hydrogens (primary N) is 1. The molecule has 0 saturated carbocycles. The molecule has 0 unspecified atom stereocenters. The standard InChI is InChI=1S/C16H18N8O4/c17-13-10-14(20-7-19-13)24(15-12(27)11(26)9(6-25)28-15)16(22-10)23-21-5-8-2-1-3-18-4-8/h1-5,7,9,11-12,15,25-27H,6H2,(H,22,23)(H2,17,19,20)/t9-,11-,12-,15-/m1/s1. The number of anilines is 2. The molecule has 0 amide bonds. The number of hydrogen-bond acceptors (Lipinski definition) is 11. The summed E-state index contributed by atoms with van der Waals surface area (Å²) in [6.45, 7) is -0.458. The number of rotatable bonds is 5. The van der Waals surface area contributed by atoms with Gasteiger partial charge in [0.15, 0.2) is 23.2 Å². The van der Waals surface area contributed by atoms with E-state index in [2.05, 4.69) is 30.5 Å². The summed E-state index contributed by atoms with van der Waals surface area (Å²) in [4.78, 5) is 16.4. The van der Waals surface area contributed by atoms with Crippen LogP contribution >= 0.6 is 0 Å². The van der Waals surface area contributed by atoms with Crippen LogP contribution in [0.2, 0.25) is 0 Å². The summed E-state index contributed by atoms with van der Waals surface area (Å²) in [5.41, 5.74) is 9.95. The fraction of sp³-hybridized carbons (Fsp3) is 0.312. The lowest BCUT2D eigenvalue weighted by atomic mass is 10.1. The van der Waals surface area contributed by atoms with Crippen LogP contribution in [-0.2, 0) is 4.74 Å². The summed E-state index contributed by atoms with van der Waals surface area (Å²) in [5, 5.41) is 34.0. The molecule has 12 heteroatoms. The van der Waals surface area contributed by atoms with Crippen LogP contribution in [0.15, 0.2) is 36.0 Å².